The molecule has 0 radical (unpaired) electrons. The Morgan fingerprint density at radius 1 is 0.818 bits per heavy atom. The fourth-order valence-corrected chi connectivity index (χ4v) is 1.99. The maximum atomic E-state index is 5.73. The summed E-state index contributed by atoms with van der Waals surface area (Å²) in [6.45, 7) is 6.08. The van der Waals surface area contributed by atoms with E-state index in [0.29, 0.717) is 39.6 Å². The van der Waals surface area contributed by atoms with Crippen LogP contribution in [-0.4, -0.2) is 51.2 Å². The van der Waals surface area contributed by atoms with E-state index in [1.54, 1.807) is 6.20 Å². The summed E-state index contributed by atoms with van der Waals surface area (Å²) in [6.07, 6.45) is 1.77. The summed E-state index contributed by atoms with van der Waals surface area (Å²) >= 11 is 0. The molecule has 0 aliphatic rings. The first-order chi connectivity index (χ1) is 10.9. The van der Waals surface area contributed by atoms with E-state index < -0.39 is 0 Å². The van der Waals surface area contributed by atoms with Crippen LogP contribution in [0.15, 0.2) is 36.5 Å². The minimum absolute atomic E-state index is 0.495. The van der Waals surface area contributed by atoms with E-state index in [-0.39, 0.29) is 0 Å². The summed E-state index contributed by atoms with van der Waals surface area (Å²) in [5, 5.41) is 1.07. The molecule has 2 rings (SSSR count). The highest BCUT2D eigenvalue weighted by Crippen LogP contribution is 2.22. The maximum absolute atomic E-state index is 5.73. The number of nitrogens with zero attached hydrogens (tertiary/aromatic N) is 1. The Bertz CT molecular complexity index is 542. The summed E-state index contributed by atoms with van der Waals surface area (Å²) in [7, 11) is 0. The van der Waals surface area contributed by atoms with Gasteiger partial charge in [-0.3, -0.25) is 4.98 Å². The molecule has 0 saturated carbocycles. The highest BCUT2D eigenvalue weighted by atomic mass is 16.6. The average Bonchev–Trinajstić information content (AvgIpc) is 2.56. The molecule has 0 spiro atoms. The van der Waals surface area contributed by atoms with Crippen LogP contribution in [0.2, 0.25) is 0 Å². The molecular formula is C17H23NO4. The first-order valence-corrected chi connectivity index (χ1v) is 7.61. The lowest BCUT2D eigenvalue weighted by atomic mass is 10.2. The monoisotopic (exact) mass is 305 g/mol. The molecule has 0 N–H and O–H groups in total. The number of hydrogen-bond acceptors (Lipinski definition) is 5. The maximum Gasteiger partial charge on any atom is 0.145 e. The minimum Gasteiger partial charge on any atom is -0.489 e. The van der Waals surface area contributed by atoms with Crippen LogP contribution < -0.4 is 4.74 Å². The summed E-state index contributed by atoms with van der Waals surface area (Å²) in [4.78, 5) is 4.35. The molecular weight excluding hydrogens is 282 g/mol. The zero-order valence-corrected chi connectivity index (χ0v) is 13.0. The van der Waals surface area contributed by atoms with Crippen molar-refractivity contribution in [1.29, 1.82) is 0 Å². The van der Waals surface area contributed by atoms with E-state index in [1.165, 1.54) is 0 Å². The third-order valence-corrected chi connectivity index (χ3v) is 3.03. The van der Waals surface area contributed by atoms with Gasteiger partial charge >= 0.3 is 0 Å². The highest BCUT2D eigenvalue weighted by molar-refractivity contribution is 5.84. The molecule has 1 heterocycles. The largest absolute Gasteiger partial charge is 0.489 e. The van der Waals surface area contributed by atoms with Crippen molar-refractivity contribution in [1.82, 2.24) is 4.98 Å². The summed E-state index contributed by atoms with van der Waals surface area (Å²) in [5.74, 6) is 0.787. The fraction of sp³-hybridized carbons (Fsp3) is 0.471. The molecule has 2 aromatic rings. The molecule has 5 heteroatoms. The predicted molar refractivity (Wildman–Crippen MR) is 85.4 cm³/mol. The highest BCUT2D eigenvalue weighted by Gasteiger charge is 2.02. The number of pyridine rings is 1. The molecule has 120 valence electrons. The van der Waals surface area contributed by atoms with Crippen molar-refractivity contribution in [2.75, 3.05) is 46.2 Å². The second-order valence-corrected chi connectivity index (χ2v) is 4.60. The zero-order chi connectivity index (χ0) is 15.5. The Morgan fingerprint density at radius 2 is 1.50 bits per heavy atom. The zero-order valence-electron chi connectivity index (χ0n) is 13.0. The number of para-hydroxylation sites is 1. The van der Waals surface area contributed by atoms with Gasteiger partial charge in [-0.05, 0) is 19.1 Å². The molecule has 0 aliphatic carbocycles. The fourth-order valence-electron chi connectivity index (χ4n) is 1.99. The van der Waals surface area contributed by atoms with Crippen LogP contribution in [0.25, 0.3) is 10.9 Å². The summed E-state index contributed by atoms with van der Waals surface area (Å²) in [6, 6.07) is 9.84. The van der Waals surface area contributed by atoms with Crippen molar-refractivity contribution < 1.29 is 18.9 Å². The molecule has 0 atom stereocenters. The van der Waals surface area contributed by atoms with Gasteiger partial charge in [-0.15, -0.1) is 0 Å². The molecule has 0 saturated heterocycles. The number of hydrogen-bond donors (Lipinski definition) is 0. The van der Waals surface area contributed by atoms with Gasteiger partial charge in [-0.1, -0.05) is 18.2 Å². The molecule has 0 aliphatic heterocycles. The van der Waals surface area contributed by atoms with E-state index in [9.17, 15) is 0 Å². The van der Waals surface area contributed by atoms with Crippen LogP contribution in [0.3, 0.4) is 0 Å². The van der Waals surface area contributed by atoms with E-state index >= 15 is 0 Å². The van der Waals surface area contributed by atoms with Gasteiger partial charge in [0, 0.05) is 18.2 Å². The van der Waals surface area contributed by atoms with Crippen molar-refractivity contribution in [2.24, 2.45) is 0 Å². The van der Waals surface area contributed by atoms with Gasteiger partial charge in [0.2, 0.25) is 0 Å². The van der Waals surface area contributed by atoms with Crippen LogP contribution in [0, 0.1) is 0 Å². The Hall–Kier alpha value is -1.69. The SMILES string of the molecule is CCOCCOCCOCCOc1cccc2cccnc12. The molecule has 5 nitrogen and oxygen atoms in total. The average molecular weight is 305 g/mol. The van der Waals surface area contributed by atoms with Gasteiger partial charge in [-0.2, -0.15) is 0 Å². The Labute approximate surface area is 131 Å². The quantitative estimate of drug-likeness (QED) is 0.597. The molecule has 0 bridgehead atoms. The lowest BCUT2D eigenvalue weighted by Crippen LogP contribution is -2.12. The van der Waals surface area contributed by atoms with Gasteiger partial charge in [0.25, 0.3) is 0 Å². The predicted octanol–water partition coefficient (Wildman–Crippen LogP) is 2.68. The first-order valence-electron chi connectivity index (χ1n) is 7.61. The van der Waals surface area contributed by atoms with Gasteiger partial charge in [0.15, 0.2) is 0 Å². The number of ether oxygens (including phenoxy) is 4. The smallest absolute Gasteiger partial charge is 0.145 e. The molecule has 1 aromatic heterocycles. The molecule has 0 unspecified atom stereocenters. The number of rotatable bonds is 11. The van der Waals surface area contributed by atoms with Crippen molar-refractivity contribution in [3.8, 4) is 5.75 Å². The van der Waals surface area contributed by atoms with Crippen molar-refractivity contribution in [3.63, 3.8) is 0 Å². The van der Waals surface area contributed by atoms with Crippen molar-refractivity contribution in [2.45, 2.75) is 6.92 Å². The van der Waals surface area contributed by atoms with E-state index in [1.807, 2.05) is 37.3 Å². The van der Waals surface area contributed by atoms with Gasteiger partial charge < -0.3 is 18.9 Å². The van der Waals surface area contributed by atoms with E-state index in [4.69, 9.17) is 18.9 Å². The van der Waals surface area contributed by atoms with Crippen LogP contribution in [0.5, 0.6) is 5.75 Å². The second-order valence-electron chi connectivity index (χ2n) is 4.60. The third kappa shape index (κ3) is 5.60. The number of fused-ring (bicyclic) bond motifs is 1. The molecule has 0 fully saturated rings. The summed E-state index contributed by atoms with van der Waals surface area (Å²) in [5.41, 5.74) is 0.879. The topological polar surface area (TPSA) is 49.8 Å². The standard InChI is InChI=1S/C17H23NO4/c1-2-19-9-10-20-11-12-21-13-14-22-16-7-3-5-15-6-4-8-18-17(15)16/h3-8H,2,9-14H2,1H3. The summed E-state index contributed by atoms with van der Waals surface area (Å²) < 4.78 is 21.7. The van der Waals surface area contributed by atoms with Crippen LogP contribution in [0.1, 0.15) is 6.92 Å². The molecule has 0 amide bonds. The van der Waals surface area contributed by atoms with E-state index in [2.05, 4.69) is 4.98 Å². The first kappa shape index (κ1) is 16.7. The van der Waals surface area contributed by atoms with Crippen molar-refractivity contribution in [3.05, 3.63) is 36.5 Å². The van der Waals surface area contributed by atoms with Crippen LogP contribution >= 0.6 is 0 Å². The number of aromatic nitrogens is 1. The molecule has 1 aromatic carbocycles. The Morgan fingerprint density at radius 3 is 2.27 bits per heavy atom. The normalized spacial score (nSPS) is 11.0. The minimum atomic E-state index is 0.495. The van der Waals surface area contributed by atoms with Gasteiger partial charge in [-0.25, -0.2) is 0 Å². The Balaban J connectivity index is 1.59. The van der Waals surface area contributed by atoms with Crippen LogP contribution in [-0.2, 0) is 14.2 Å². The Kier molecular flexibility index (Phi) is 7.66. The lowest BCUT2D eigenvalue weighted by Gasteiger charge is -2.09. The lowest BCUT2D eigenvalue weighted by molar-refractivity contribution is 0.0114. The molecule has 22 heavy (non-hydrogen) atoms. The van der Waals surface area contributed by atoms with Gasteiger partial charge in [0.05, 0.1) is 33.0 Å². The van der Waals surface area contributed by atoms with Crippen molar-refractivity contribution >= 4 is 10.9 Å². The van der Waals surface area contributed by atoms with Gasteiger partial charge in [0.1, 0.15) is 17.9 Å². The van der Waals surface area contributed by atoms with Crippen LogP contribution in [0.4, 0.5) is 0 Å². The van der Waals surface area contributed by atoms with E-state index in [0.717, 1.165) is 23.3 Å². The number of benzene rings is 1. The second kappa shape index (κ2) is 10.1. The third-order valence-electron chi connectivity index (χ3n) is 3.03.